The third-order valence-corrected chi connectivity index (χ3v) is 3.41. The Morgan fingerprint density at radius 2 is 2.06 bits per heavy atom. The molecule has 0 radical (unpaired) electrons. The fourth-order valence-electron chi connectivity index (χ4n) is 2.44. The Bertz CT molecular complexity index is 419. The van der Waals surface area contributed by atoms with E-state index in [-0.39, 0.29) is 5.56 Å². The van der Waals surface area contributed by atoms with E-state index < -0.39 is 0 Å². The van der Waals surface area contributed by atoms with Crippen LogP contribution in [0, 0.1) is 0 Å². The minimum Gasteiger partial charge on any atom is -0.383 e. The molecular formula is C12H19N3O. The molecule has 1 saturated carbocycles. The fraction of sp³-hybridized carbons (Fsp3) is 0.667. The SMILES string of the molecule is CCc1c(N)nc(C2CCCCC2)[nH]c1=O. The Kier molecular flexibility index (Phi) is 3.27. The summed E-state index contributed by atoms with van der Waals surface area (Å²) in [7, 11) is 0. The minimum atomic E-state index is -0.0597. The van der Waals surface area contributed by atoms with Crippen LogP contribution in [0.15, 0.2) is 4.79 Å². The second-order valence-electron chi connectivity index (χ2n) is 4.50. The van der Waals surface area contributed by atoms with Crippen LogP contribution in [0.25, 0.3) is 0 Å². The first kappa shape index (κ1) is 11.2. The van der Waals surface area contributed by atoms with Gasteiger partial charge in [-0.25, -0.2) is 4.98 Å². The van der Waals surface area contributed by atoms with Crippen molar-refractivity contribution in [1.82, 2.24) is 9.97 Å². The predicted octanol–water partition coefficient (Wildman–Crippen LogP) is 1.96. The fourth-order valence-corrected chi connectivity index (χ4v) is 2.44. The number of rotatable bonds is 2. The summed E-state index contributed by atoms with van der Waals surface area (Å²) in [5.74, 6) is 1.60. The summed E-state index contributed by atoms with van der Waals surface area (Å²) in [6, 6.07) is 0. The lowest BCUT2D eigenvalue weighted by Crippen LogP contribution is -2.21. The van der Waals surface area contributed by atoms with Crippen LogP contribution in [-0.2, 0) is 6.42 Å². The quantitative estimate of drug-likeness (QED) is 0.802. The van der Waals surface area contributed by atoms with E-state index in [1.54, 1.807) is 0 Å². The van der Waals surface area contributed by atoms with Crippen molar-refractivity contribution >= 4 is 5.82 Å². The van der Waals surface area contributed by atoms with Crippen molar-refractivity contribution in [1.29, 1.82) is 0 Å². The van der Waals surface area contributed by atoms with Crippen molar-refractivity contribution in [3.05, 3.63) is 21.7 Å². The lowest BCUT2D eigenvalue weighted by Gasteiger charge is -2.21. The molecule has 0 saturated heterocycles. The first-order valence-corrected chi connectivity index (χ1v) is 6.11. The highest BCUT2D eigenvalue weighted by molar-refractivity contribution is 5.37. The molecule has 4 heteroatoms. The maximum Gasteiger partial charge on any atom is 0.256 e. The lowest BCUT2D eigenvalue weighted by atomic mass is 9.88. The first-order chi connectivity index (χ1) is 7.72. The molecule has 1 aliphatic carbocycles. The average Bonchev–Trinajstić information content (AvgIpc) is 2.30. The van der Waals surface area contributed by atoms with E-state index in [0.717, 1.165) is 18.7 Å². The molecule has 1 aromatic heterocycles. The van der Waals surface area contributed by atoms with Crippen molar-refractivity contribution in [2.24, 2.45) is 0 Å². The maximum atomic E-state index is 11.8. The van der Waals surface area contributed by atoms with E-state index in [2.05, 4.69) is 9.97 Å². The van der Waals surface area contributed by atoms with Crippen LogP contribution >= 0.6 is 0 Å². The Morgan fingerprint density at radius 3 is 2.62 bits per heavy atom. The van der Waals surface area contributed by atoms with Gasteiger partial charge in [0.1, 0.15) is 11.6 Å². The zero-order chi connectivity index (χ0) is 11.5. The van der Waals surface area contributed by atoms with Crippen molar-refractivity contribution < 1.29 is 0 Å². The zero-order valence-corrected chi connectivity index (χ0v) is 9.75. The number of nitrogen functional groups attached to an aromatic ring is 1. The van der Waals surface area contributed by atoms with Crippen LogP contribution in [0.3, 0.4) is 0 Å². The van der Waals surface area contributed by atoms with Crippen LogP contribution in [0.1, 0.15) is 56.3 Å². The van der Waals surface area contributed by atoms with Gasteiger partial charge in [0.15, 0.2) is 0 Å². The van der Waals surface area contributed by atoms with Crippen molar-refractivity contribution in [3.8, 4) is 0 Å². The molecule has 0 amide bonds. The van der Waals surface area contributed by atoms with Crippen LogP contribution in [0.5, 0.6) is 0 Å². The number of aromatic amines is 1. The summed E-state index contributed by atoms with van der Waals surface area (Å²) in [6.45, 7) is 1.92. The van der Waals surface area contributed by atoms with E-state index in [0.29, 0.717) is 23.7 Å². The summed E-state index contributed by atoms with van der Waals surface area (Å²) < 4.78 is 0. The monoisotopic (exact) mass is 221 g/mol. The molecule has 0 aliphatic heterocycles. The summed E-state index contributed by atoms with van der Waals surface area (Å²) in [5.41, 5.74) is 6.36. The van der Waals surface area contributed by atoms with E-state index in [4.69, 9.17) is 5.73 Å². The number of nitrogens with two attached hydrogens (primary N) is 1. The van der Waals surface area contributed by atoms with E-state index >= 15 is 0 Å². The van der Waals surface area contributed by atoms with Crippen LogP contribution in [0.4, 0.5) is 5.82 Å². The molecule has 0 spiro atoms. The first-order valence-electron chi connectivity index (χ1n) is 6.11. The van der Waals surface area contributed by atoms with Crippen molar-refractivity contribution in [2.45, 2.75) is 51.4 Å². The van der Waals surface area contributed by atoms with E-state index in [1.165, 1.54) is 19.3 Å². The lowest BCUT2D eigenvalue weighted by molar-refractivity contribution is 0.428. The second-order valence-corrected chi connectivity index (χ2v) is 4.50. The number of anilines is 1. The molecule has 16 heavy (non-hydrogen) atoms. The third kappa shape index (κ3) is 2.10. The van der Waals surface area contributed by atoms with Gasteiger partial charge in [-0.2, -0.15) is 0 Å². The maximum absolute atomic E-state index is 11.8. The predicted molar refractivity (Wildman–Crippen MR) is 64.5 cm³/mol. The largest absolute Gasteiger partial charge is 0.383 e. The minimum absolute atomic E-state index is 0.0597. The van der Waals surface area contributed by atoms with Gasteiger partial charge in [0, 0.05) is 5.92 Å². The highest BCUT2D eigenvalue weighted by Gasteiger charge is 2.19. The Morgan fingerprint density at radius 1 is 1.38 bits per heavy atom. The zero-order valence-electron chi connectivity index (χ0n) is 9.75. The molecule has 2 rings (SSSR count). The van der Waals surface area contributed by atoms with Crippen LogP contribution < -0.4 is 11.3 Å². The molecule has 4 nitrogen and oxygen atoms in total. The molecule has 0 bridgehead atoms. The molecule has 0 atom stereocenters. The van der Waals surface area contributed by atoms with Crippen LogP contribution in [-0.4, -0.2) is 9.97 Å². The normalized spacial score (nSPS) is 17.6. The summed E-state index contributed by atoms with van der Waals surface area (Å²) in [6.07, 6.45) is 6.62. The summed E-state index contributed by atoms with van der Waals surface area (Å²) in [5, 5.41) is 0. The van der Waals surface area contributed by atoms with Crippen molar-refractivity contribution in [3.63, 3.8) is 0 Å². The van der Waals surface area contributed by atoms with Gasteiger partial charge in [-0.3, -0.25) is 4.79 Å². The molecule has 1 aromatic rings. The van der Waals surface area contributed by atoms with Crippen LogP contribution in [0.2, 0.25) is 0 Å². The van der Waals surface area contributed by atoms with Gasteiger partial charge in [0.2, 0.25) is 0 Å². The molecule has 88 valence electrons. The van der Waals surface area contributed by atoms with Gasteiger partial charge in [-0.15, -0.1) is 0 Å². The molecule has 1 aliphatic rings. The Hall–Kier alpha value is -1.32. The highest BCUT2D eigenvalue weighted by Crippen LogP contribution is 2.30. The molecule has 0 aromatic carbocycles. The standard InChI is InChI=1S/C12H19N3O/c1-2-9-10(13)14-11(15-12(9)16)8-6-4-3-5-7-8/h8H,2-7H2,1H3,(H3,13,14,15,16). The Balaban J connectivity index is 2.31. The number of hydrogen-bond donors (Lipinski definition) is 2. The number of H-pyrrole nitrogens is 1. The van der Waals surface area contributed by atoms with Gasteiger partial charge in [-0.05, 0) is 19.3 Å². The van der Waals surface area contributed by atoms with Gasteiger partial charge in [-0.1, -0.05) is 26.2 Å². The topological polar surface area (TPSA) is 71.8 Å². The second kappa shape index (κ2) is 4.68. The smallest absolute Gasteiger partial charge is 0.256 e. The Labute approximate surface area is 95.3 Å². The summed E-state index contributed by atoms with van der Waals surface area (Å²) in [4.78, 5) is 19.0. The van der Waals surface area contributed by atoms with Gasteiger partial charge >= 0.3 is 0 Å². The van der Waals surface area contributed by atoms with Crippen molar-refractivity contribution in [2.75, 3.05) is 5.73 Å². The average molecular weight is 221 g/mol. The summed E-state index contributed by atoms with van der Waals surface area (Å²) >= 11 is 0. The third-order valence-electron chi connectivity index (χ3n) is 3.41. The van der Waals surface area contributed by atoms with Gasteiger partial charge in [0.05, 0.1) is 5.56 Å². The van der Waals surface area contributed by atoms with Gasteiger partial charge in [0.25, 0.3) is 5.56 Å². The number of nitrogens with one attached hydrogen (secondary N) is 1. The number of nitrogens with zero attached hydrogens (tertiary/aromatic N) is 1. The number of aromatic nitrogens is 2. The number of hydrogen-bond acceptors (Lipinski definition) is 3. The van der Waals surface area contributed by atoms with E-state index in [9.17, 15) is 4.79 Å². The highest BCUT2D eigenvalue weighted by atomic mass is 16.1. The molecule has 0 unspecified atom stereocenters. The molecule has 3 N–H and O–H groups in total. The van der Waals surface area contributed by atoms with E-state index in [1.807, 2.05) is 6.92 Å². The molecular weight excluding hydrogens is 202 g/mol. The molecule has 1 heterocycles. The molecule has 1 fully saturated rings. The van der Waals surface area contributed by atoms with Gasteiger partial charge < -0.3 is 10.7 Å².